The maximum absolute atomic E-state index is 12.4. The van der Waals surface area contributed by atoms with Crippen LogP contribution in [0.3, 0.4) is 0 Å². The summed E-state index contributed by atoms with van der Waals surface area (Å²) in [6, 6.07) is 2.29. The molecule has 2 rings (SSSR count). The van der Waals surface area contributed by atoms with E-state index in [9.17, 15) is 13.2 Å². The Kier molecular flexibility index (Phi) is 3.75. The number of anilines is 2. The minimum atomic E-state index is -4.36. The summed E-state index contributed by atoms with van der Waals surface area (Å²) in [5, 5.41) is 3.55. The van der Waals surface area contributed by atoms with E-state index in [2.05, 4.69) is 15.3 Å². The molecule has 0 spiro atoms. The van der Waals surface area contributed by atoms with E-state index in [1.165, 1.54) is 17.4 Å². The van der Waals surface area contributed by atoms with Crippen LogP contribution in [0.2, 0.25) is 0 Å². The van der Waals surface area contributed by atoms with Crippen LogP contribution in [0.4, 0.5) is 24.1 Å². The smallest absolute Gasteiger partial charge is 0.316 e. The first-order valence-electron chi connectivity index (χ1n) is 5.66. The lowest BCUT2D eigenvalue weighted by Crippen LogP contribution is -2.05. The SMILES string of the molecule is CCc1sc(Nc2ccc(C(F)(F)F)cn2)nc1C. The number of halogens is 3. The molecule has 0 amide bonds. The van der Waals surface area contributed by atoms with Crippen LogP contribution in [0.5, 0.6) is 0 Å². The molecule has 0 atom stereocenters. The molecule has 0 radical (unpaired) electrons. The fraction of sp³-hybridized carbons (Fsp3) is 0.333. The van der Waals surface area contributed by atoms with Crippen molar-refractivity contribution < 1.29 is 13.2 Å². The highest BCUT2D eigenvalue weighted by molar-refractivity contribution is 7.15. The zero-order chi connectivity index (χ0) is 14.0. The largest absolute Gasteiger partial charge is 0.417 e. The van der Waals surface area contributed by atoms with Crippen LogP contribution in [0.25, 0.3) is 0 Å². The third-order valence-electron chi connectivity index (χ3n) is 2.54. The van der Waals surface area contributed by atoms with Gasteiger partial charge in [-0.25, -0.2) is 9.97 Å². The molecule has 2 aromatic heterocycles. The van der Waals surface area contributed by atoms with Crippen molar-refractivity contribution in [2.24, 2.45) is 0 Å². The van der Waals surface area contributed by atoms with Gasteiger partial charge in [-0.3, -0.25) is 0 Å². The van der Waals surface area contributed by atoms with E-state index in [-0.39, 0.29) is 0 Å². The quantitative estimate of drug-likeness (QED) is 0.920. The molecule has 0 saturated carbocycles. The van der Waals surface area contributed by atoms with Crippen molar-refractivity contribution in [2.75, 3.05) is 5.32 Å². The maximum Gasteiger partial charge on any atom is 0.417 e. The third-order valence-corrected chi connectivity index (χ3v) is 3.76. The van der Waals surface area contributed by atoms with Crippen LogP contribution in [0.1, 0.15) is 23.1 Å². The zero-order valence-corrected chi connectivity index (χ0v) is 11.2. The molecule has 0 bridgehead atoms. The van der Waals surface area contributed by atoms with Crippen molar-refractivity contribution in [3.05, 3.63) is 34.5 Å². The Morgan fingerprint density at radius 2 is 2.05 bits per heavy atom. The van der Waals surface area contributed by atoms with Gasteiger partial charge in [0, 0.05) is 11.1 Å². The van der Waals surface area contributed by atoms with Crippen molar-refractivity contribution in [2.45, 2.75) is 26.4 Å². The molecule has 2 heterocycles. The van der Waals surface area contributed by atoms with Gasteiger partial charge in [-0.1, -0.05) is 6.92 Å². The lowest BCUT2D eigenvalue weighted by atomic mass is 10.3. The summed E-state index contributed by atoms with van der Waals surface area (Å²) >= 11 is 1.48. The lowest BCUT2D eigenvalue weighted by molar-refractivity contribution is -0.137. The Morgan fingerprint density at radius 3 is 2.53 bits per heavy atom. The van der Waals surface area contributed by atoms with Crippen LogP contribution < -0.4 is 5.32 Å². The number of hydrogen-bond donors (Lipinski definition) is 1. The van der Waals surface area contributed by atoms with E-state index in [4.69, 9.17) is 0 Å². The van der Waals surface area contributed by atoms with Crippen LogP contribution in [0, 0.1) is 6.92 Å². The minimum absolute atomic E-state index is 0.351. The second-order valence-electron chi connectivity index (χ2n) is 3.94. The number of aromatic nitrogens is 2. The summed E-state index contributed by atoms with van der Waals surface area (Å²) in [5.74, 6) is 0.351. The van der Waals surface area contributed by atoms with Gasteiger partial charge in [-0.15, -0.1) is 11.3 Å². The predicted molar refractivity (Wildman–Crippen MR) is 68.8 cm³/mol. The molecule has 0 aromatic carbocycles. The van der Waals surface area contributed by atoms with E-state index in [1.807, 2.05) is 13.8 Å². The normalized spacial score (nSPS) is 11.6. The summed E-state index contributed by atoms with van der Waals surface area (Å²) in [6.07, 6.45) is -2.67. The van der Waals surface area contributed by atoms with Gasteiger partial charge < -0.3 is 5.32 Å². The first-order valence-corrected chi connectivity index (χ1v) is 6.48. The highest BCUT2D eigenvalue weighted by Gasteiger charge is 2.30. The van der Waals surface area contributed by atoms with Gasteiger partial charge in [0.2, 0.25) is 0 Å². The Hall–Kier alpha value is -1.63. The Bertz CT molecular complexity index is 561. The standard InChI is InChI=1S/C12H12F3N3S/c1-3-9-7(2)17-11(19-9)18-10-5-4-8(6-16-10)12(13,14)15/h4-6H,3H2,1-2H3,(H,16,17,18). The van der Waals surface area contributed by atoms with Gasteiger partial charge >= 0.3 is 6.18 Å². The molecule has 3 nitrogen and oxygen atoms in total. The average molecular weight is 287 g/mol. The van der Waals surface area contributed by atoms with Crippen molar-refractivity contribution in [1.29, 1.82) is 0 Å². The van der Waals surface area contributed by atoms with Gasteiger partial charge in [0.25, 0.3) is 0 Å². The Morgan fingerprint density at radius 1 is 1.32 bits per heavy atom. The first-order chi connectivity index (χ1) is 8.90. The molecular weight excluding hydrogens is 275 g/mol. The highest BCUT2D eigenvalue weighted by Crippen LogP contribution is 2.30. The number of alkyl halides is 3. The lowest BCUT2D eigenvalue weighted by Gasteiger charge is -2.06. The predicted octanol–water partition coefficient (Wildman–Crippen LogP) is 4.17. The van der Waals surface area contributed by atoms with E-state index in [1.54, 1.807) is 0 Å². The van der Waals surface area contributed by atoms with E-state index < -0.39 is 11.7 Å². The Balaban J connectivity index is 2.15. The van der Waals surface area contributed by atoms with E-state index in [0.717, 1.165) is 29.3 Å². The molecule has 2 aromatic rings. The van der Waals surface area contributed by atoms with Gasteiger partial charge in [0.1, 0.15) is 5.82 Å². The number of hydrogen-bond acceptors (Lipinski definition) is 4. The molecule has 0 unspecified atom stereocenters. The summed E-state index contributed by atoms with van der Waals surface area (Å²) in [5.41, 5.74) is 0.171. The number of nitrogens with zero attached hydrogens (tertiary/aromatic N) is 2. The number of thiazole rings is 1. The molecule has 1 N–H and O–H groups in total. The number of aryl methyl sites for hydroxylation is 2. The molecule has 0 aliphatic carbocycles. The maximum atomic E-state index is 12.4. The summed E-state index contributed by atoms with van der Waals surface area (Å²) < 4.78 is 37.1. The fourth-order valence-corrected chi connectivity index (χ4v) is 2.46. The van der Waals surface area contributed by atoms with Crippen LogP contribution in [-0.2, 0) is 12.6 Å². The Labute approximate surface area is 112 Å². The topological polar surface area (TPSA) is 37.8 Å². The first kappa shape index (κ1) is 13.8. The molecule has 102 valence electrons. The molecular formula is C12H12F3N3S. The second kappa shape index (κ2) is 5.16. The third kappa shape index (κ3) is 3.23. The molecule has 0 fully saturated rings. The molecule has 0 aliphatic rings. The van der Waals surface area contributed by atoms with Crippen LogP contribution in [0.15, 0.2) is 18.3 Å². The minimum Gasteiger partial charge on any atom is -0.316 e. The zero-order valence-electron chi connectivity index (χ0n) is 10.4. The van der Waals surface area contributed by atoms with Gasteiger partial charge in [0.05, 0.1) is 11.3 Å². The average Bonchev–Trinajstić information content (AvgIpc) is 2.69. The van der Waals surface area contributed by atoms with Gasteiger partial charge in [-0.2, -0.15) is 13.2 Å². The van der Waals surface area contributed by atoms with Crippen molar-refractivity contribution in [3.63, 3.8) is 0 Å². The summed E-state index contributed by atoms with van der Waals surface area (Å²) in [7, 11) is 0. The van der Waals surface area contributed by atoms with E-state index in [0.29, 0.717) is 10.9 Å². The second-order valence-corrected chi connectivity index (χ2v) is 5.02. The number of nitrogens with one attached hydrogen (secondary N) is 1. The molecule has 0 saturated heterocycles. The molecule has 19 heavy (non-hydrogen) atoms. The van der Waals surface area contributed by atoms with Gasteiger partial charge in [-0.05, 0) is 25.5 Å². The van der Waals surface area contributed by atoms with Gasteiger partial charge in [0.15, 0.2) is 5.13 Å². The van der Waals surface area contributed by atoms with Crippen molar-refractivity contribution >= 4 is 22.3 Å². The summed E-state index contributed by atoms with van der Waals surface area (Å²) in [4.78, 5) is 9.18. The van der Waals surface area contributed by atoms with Crippen LogP contribution in [-0.4, -0.2) is 9.97 Å². The van der Waals surface area contributed by atoms with E-state index >= 15 is 0 Å². The number of rotatable bonds is 3. The highest BCUT2D eigenvalue weighted by atomic mass is 32.1. The monoisotopic (exact) mass is 287 g/mol. The molecule has 0 aliphatic heterocycles. The summed E-state index contributed by atoms with van der Waals surface area (Å²) in [6.45, 7) is 3.93. The van der Waals surface area contributed by atoms with Crippen molar-refractivity contribution in [3.8, 4) is 0 Å². The molecule has 7 heteroatoms. The van der Waals surface area contributed by atoms with Crippen LogP contribution >= 0.6 is 11.3 Å². The van der Waals surface area contributed by atoms with Crippen molar-refractivity contribution in [1.82, 2.24) is 9.97 Å². The number of pyridine rings is 1. The fourth-order valence-electron chi connectivity index (χ4n) is 1.55.